The highest BCUT2D eigenvalue weighted by atomic mass is 16.5. The van der Waals surface area contributed by atoms with Gasteiger partial charge in [-0.05, 0) is 37.6 Å². The highest BCUT2D eigenvalue weighted by Gasteiger charge is 2.26. The lowest BCUT2D eigenvalue weighted by Crippen LogP contribution is -2.55. The number of rotatable bonds is 7. The van der Waals surface area contributed by atoms with Crippen LogP contribution >= 0.6 is 0 Å². The molecule has 0 unspecified atom stereocenters. The van der Waals surface area contributed by atoms with Crippen LogP contribution in [-0.2, 0) is 0 Å². The minimum absolute atomic E-state index is 0.268. The van der Waals surface area contributed by atoms with Gasteiger partial charge in [0.2, 0.25) is 0 Å². The van der Waals surface area contributed by atoms with E-state index in [4.69, 9.17) is 10.00 Å². The van der Waals surface area contributed by atoms with Crippen molar-refractivity contribution >= 4 is 0 Å². The topological polar surface area (TPSA) is 59.7 Å². The van der Waals surface area contributed by atoms with Gasteiger partial charge in [0.25, 0.3) is 0 Å². The van der Waals surface area contributed by atoms with Gasteiger partial charge in [-0.3, -0.25) is 9.80 Å². The van der Waals surface area contributed by atoms with Crippen LogP contribution < -0.4 is 4.74 Å². The molecule has 2 atom stereocenters. The molecule has 0 amide bonds. The lowest BCUT2D eigenvalue weighted by molar-refractivity contribution is 0.0322. The number of hydrogen-bond acceptors (Lipinski definition) is 5. The van der Waals surface area contributed by atoms with Gasteiger partial charge in [0.1, 0.15) is 12.4 Å². The normalized spacial score (nSPS) is 20.9. The second-order valence-electron chi connectivity index (χ2n) is 6.19. The molecule has 0 radical (unpaired) electrons. The van der Waals surface area contributed by atoms with Gasteiger partial charge >= 0.3 is 0 Å². The molecule has 1 aliphatic heterocycles. The van der Waals surface area contributed by atoms with E-state index in [9.17, 15) is 5.11 Å². The lowest BCUT2D eigenvalue weighted by atomic mass is 10.1. The van der Waals surface area contributed by atoms with Crippen LogP contribution in [0.1, 0.15) is 25.8 Å². The third-order valence-corrected chi connectivity index (χ3v) is 4.32. The molecular weight excluding hydrogens is 290 g/mol. The summed E-state index contributed by atoms with van der Waals surface area (Å²) in [5.41, 5.74) is 0.650. The minimum atomic E-state index is -0.268. The van der Waals surface area contributed by atoms with E-state index in [-0.39, 0.29) is 6.10 Å². The molecule has 0 aliphatic carbocycles. The largest absolute Gasteiger partial charge is 0.492 e. The predicted octanol–water partition coefficient (Wildman–Crippen LogP) is 1.71. The fourth-order valence-electron chi connectivity index (χ4n) is 3.05. The van der Waals surface area contributed by atoms with Crippen LogP contribution in [-0.4, -0.2) is 66.4 Å². The molecule has 1 aromatic rings. The zero-order chi connectivity index (χ0) is 16.7. The van der Waals surface area contributed by atoms with Crippen molar-refractivity contribution in [3.05, 3.63) is 29.8 Å². The molecule has 2 rings (SSSR count). The van der Waals surface area contributed by atoms with Crippen LogP contribution in [0.5, 0.6) is 5.75 Å². The van der Waals surface area contributed by atoms with E-state index in [1.807, 2.05) is 19.1 Å². The van der Waals surface area contributed by atoms with E-state index < -0.39 is 0 Å². The average Bonchev–Trinajstić information content (AvgIpc) is 2.56. The molecule has 1 aliphatic rings. The van der Waals surface area contributed by atoms with Gasteiger partial charge in [0.15, 0.2) is 0 Å². The second kappa shape index (κ2) is 8.88. The van der Waals surface area contributed by atoms with E-state index in [0.717, 1.165) is 44.9 Å². The molecule has 126 valence electrons. The Kier molecular flexibility index (Phi) is 6.85. The average molecular weight is 317 g/mol. The molecule has 23 heavy (non-hydrogen) atoms. The summed E-state index contributed by atoms with van der Waals surface area (Å²) in [5, 5.41) is 18.4. The van der Waals surface area contributed by atoms with Crippen LogP contribution in [0.2, 0.25) is 0 Å². The SMILES string of the molecule is CC[C@H]1CN(CCOc2ccc(C#N)cc2)CCN1C[C@@H](C)O. The number of nitrogens with zero attached hydrogens (tertiary/aromatic N) is 3. The van der Waals surface area contributed by atoms with Gasteiger partial charge in [-0.25, -0.2) is 0 Å². The van der Waals surface area contributed by atoms with Crippen LogP contribution in [0.25, 0.3) is 0 Å². The Morgan fingerprint density at radius 2 is 2.09 bits per heavy atom. The van der Waals surface area contributed by atoms with Crippen LogP contribution in [0.15, 0.2) is 24.3 Å². The van der Waals surface area contributed by atoms with Gasteiger partial charge in [0.05, 0.1) is 17.7 Å². The number of aliphatic hydroxyl groups excluding tert-OH is 1. The number of aliphatic hydroxyl groups is 1. The van der Waals surface area contributed by atoms with E-state index >= 15 is 0 Å². The van der Waals surface area contributed by atoms with Crippen molar-refractivity contribution in [2.24, 2.45) is 0 Å². The molecule has 1 aromatic carbocycles. The first-order chi connectivity index (χ1) is 11.1. The summed E-state index contributed by atoms with van der Waals surface area (Å²) in [7, 11) is 0. The molecule has 5 heteroatoms. The summed E-state index contributed by atoms with van der Waals surface area (Å²) in [6.07, 6.45) is 0.829. The number of hydrogen-bond donors (Lipinski definition) is 1. The molecule has 0 aromatic heterocycles. The van der Waals surface area contributed by atoms with E-state index in [0.29, 0.717) is 18.2 Å². The Labute approximate surface area is 139 Å². The Balaban J connectivity index is 1.75. The predicted molar refractivity (Wildman–Crippen MR) is 90.4 cm³/mol. The maximum Gasteiger partial charge on any atom is 0.119 e. The molecule has 1 saturated heterocycles. The van der Waals surface area contributed by atoms with Crippen LogP contribution in [0, 0.1) is 11.3 Å². The third-order valence-electron chi connectivity index (χ3n) is 4.32. The minimum Gasteiger partial charge on any atom is -0.492 e. The van der Waals surface area contributed by atoms with Crippen molar-refractivity contribution in [1.29, 1.82) is 5.26 Å². The number of nitriles is 1. The summed E-state index contributed by atoms with van der Waals surface area (Å²) in [5.74, 6) is 0.809. The Morgan fingerprint density at radius 3 is 2.70 bits per heavy atom. The zero-order valence-electron chi connectivity index (χ0n) is 14.1. The molecular formula is C18H27N3O2. The van der Waals surface area contributed by atoms with Crippen molar-refractivity contribution < 1.29 is 9.84 Å². The number of β-amino-alcohol motifs (C(OH)–C–C–N with tert-alkyl or cyclic N) is 1. The standard InChI is InChI=1S/C18H27N3O2/c1-3-17-14-20(8-9-21(17)13-15(2)22)10-11-23-18-6-4-16(12-19)5-7-18/h4-7,15,17,22H,3,8-11,13-14H2,1-2H3/t15-,17+/m1/s1. The highest BCUT2D eigenvalue weighted by molar-refractivity contribution is 5.34. The Bertz CT molecular complexity index is 510. The van der Waals surface area contributed by atoms with Crippen molar-refractivity contribution in [1.82, 2.24) is 9.80 Å². The number of piperazine rings is 1. The smallest absolute Gasteiger partial charge is 0.119 e. The van der Waals surface area contributed by atoms with Crippen molar-refractivity contribution in [3.8, 4) is 11.8 Å². The summed E-state index contributed by atoms with van der Waals surface area (Å²) < 4.78 is 5.76. The summed E-state index contributed by atoms with van der Waals surface area (Å²) in [4.78, 5) is 4.82. The maximum absolute atomic E-state index is 9.59. The molecule has 0 spiro atoms. The van der Waals surface area contributed by atoms with E-state index in [2.05, 4.69) is 22.8 Å². The molecule has 0 bridgehead atoms. The number of benzene rings is 1. The van der Waals surface area contributed by atoms with E-state index in [1.165, 1.54) is 0 Å². The van der Waals surface area contributed by atoms with Gasteiger partial charge in [-0.1, -0.05) is 6.92 Å². The molecule has 1 fully saturated rings. The summed E-state index contributed by atoms with van der Waals surface area (Å²) >= 11 is 0. The van der Waals surface area contributed by atoms with Gasteiger partial charge in [-0.15, -0.1) is 0 Å². The van der Waals surface area contributed by atoms with Crippen molar-refractivity contribution in [2.45, 2.75) is 32.4 Å². The first kappa shape index (κ1) is 17.7. The quantitative estimate of drug-likeness (QED) is 0.830. The van der Waals surface area contributed by atoms with Gasteiger partial charge < -0.3 is 9.84 Å². The fourth-order valence-corrected chi connectivity index (χ4v) is 3.05. The third kappa shape index (κ3) is 5.51. The van der Waals surface area contributed by atoms with Crippen LogP contribution in [0.4, 0.5) is 0 Å². The summed E-state index contributed by atoms with van der Waals surface area (Å²) in [6, 6.07) is 9.84. The zero-order valence-corrected chi connectivity index (χ0v) is 14.1. The van der Waals surface area contributed by atoms with Gasteiger partial charge in [-0.2, -0.15) is 5.26 Å². The van der Waals surface area contributed by atoms with Crippen molar-refractivity contribution in [3.63, 3.8) is 0 Å². The fraction of sp³-hybridized carbons (Fsp3) is 0.611. The highest BCUT2D eigenvalue weighted by Crippen LogP contribution is 2.14. The molecule has 5 nitrogen and oxygen atoms in total. The van der Waals surface area contributed by atoms with Crippen molar-refractivity contribution in [2.75, 3.05) is 39.3 Å². The molecule has 1 heterocycles. The monoisotopic (exact) mass is 317 g/mol. The molecule has 1 N–H and O–H groups in total. The maximum atomic E-state index is 9.59. The van der Waals surface area contributed by atoms with Gasteiger partial charge in [0, 0.05) is 38.8 Å². The molecule has 0 saturated carbocycles. The lowest BCUT2D eigenvalue weighted by Gasteiger charge is -2.41. The Hall–Kier alpha value is -1.61. The van der Waals surface area contributed by atoms with E-state index in [1.54, 1.807) is 12.1 Å². The first-order valence-corrected chi connectivity index (χ1v) is 8.39. The first-order valence-electron chi connectivity index (χ1n) is 8.39. The number of ether oxygens (including phenoxy) is 1. The Morgan fingerprint density at radius 1 is 1.35 bits per heavy atom. The summed E-state index contributed by atoms with van der Waals surface area (Å²) in [6.45, 7) is 9.41. The second-order valence-corrected chi connectivity index (χ2v) is 6.19. The van der Waals surface area contributed by atoms with Crippen LogP contribution in [0.3, 0.4) is 0 Å².